The van der Waals surface area contributed by atoms with E-state index in [0.717, 1.165) is 17.1 Å². The topological polar surface area (TPSA) is 57.8 Å². The summed E-state index contributed by atoms with van der Waals surface area (Å²) in [4.78, 5) is 17.8. The summed E-state index contributed by atoms with van der Waals surface area (Å²) in [7, 11) is 0. The molecule has 2 N–H and O–H groups in total. The van der Waals surface area contributed by atoms with Crippen LogP contribution in [0.3, 0.4) is 0 Å². The fraction of sp³-hybridized carbons (Fsp3) is 0.0909. The van der Waals surface area contributed by atoms with Crippen molar-refractivity contribution in [3.05, 3.63) is 52.7 Å². The van der Waals surface area contributed by atoms with Gasteiger partial charge in [-0.15, -0.1) is 0 Å². The molecule has 0 aromatic carbocycles. The summed E-state index contributed by atoms with van der Waals surface area (Å²) in [6, 6.07) is 7.09. The minimum atomic E-state index is -0.105. The predicted octanol–water partition coefficient (Wildman–Crippen LogP) is 1.82. The SMILES string of the molecule is Cc1cc(Nc2ccncc2)cc(=O)[nH]1. The van der Waals surface area contributed by atoms with Crippen molar-refractivity contribution < 1.29 is 0 Å². The molecule has 0 atom stereocenters. The molecule has 0 bridgehead atoms. The minimum Gasteiger partial charge on any atom is -0.355 e. The van der Waals surface area contributed by atoms with Crippen molar-refractivity contribution in [1.29, 1.82) is 0 Å². The number of aryl methyl sites for hydroxylation is 1. The van der Waals surface area contributed by atoms with Crippen molar-refractivity contribution in [3.63, 3.8) is 0 Å². The number of H-pyrrole nitrogens is 1. The molecule has 0 fully saturated rings. The molecule has 0 spiro atoms. The fourth-order valence-corrected chi connectivity index (χ4v) is 1.36. The van der Waals surface area contributed by atoms with E-state index < -0.39 is 0 Å². The Morgan fingerprint density at radius 2 is 1.93 bits per heavy atom. The molecular formula is C11H11N3O. The van der Waals surface area contributed by atoms with E-state index >= 15 is 0 Å². The van der Waals surface area contributed by atoms with Crippen molar-refractivity contribution in [3.8, 4) is 0 Å². The van der Waals surface area contributed by atoms with Crippen LogP contribution in [0.2, 0.25) is 0 Å². The van der Waals surface area contributed by atoms with Crippen molar-refractivity contribution in [2.45, 2.75) is 6.92 Å². The number of nitrogens with zero attached hydrogens (tertiary/aromatic N) is 1. The van der Waals surface area contributed by atoms with Gasteiger partial charge in [-0.05, 0) is 25.1 Å². The normalized spacial score (nSPS) is 9.93. The first-order chi connectivity index (χ1) is 7.24. The summed E-state index contributed by atoms with van der Waals surface area (Å²) >= 11 is 0. The maximum absolute atomic E-state index is 11.2. The van der Waals surface area contributed by atoms with Crippen molar-refractivity contribution in [1.82, 2.24) is 9.97 Å². The van der Waals surface area contributed by atoms with Crippen molar-refractivity contribution in [2.24, 2.45) is 0 Å². The van der Waals surface area contributed by atoms with Gasteiger partial charge in [0.25, 0.3) is 0 Å². The van der Waals surface area contributed by atoms with Crippen LogP contribution in [0.1, 0.15) is 5.69 Å². The summed E-state index contributed by atoms with van der Waals surface area (Å²) in [5.74, 6) is 0. The van der Waals surface area contributed by atoms with Gasteiger partial charge in [0.05, 0.1) is 0 Å². The molecule has 15 heavy (non-hydrogen) atoms. The summed E-state index contributed by atoms with van der Waals surface area (Å²) in [5.41, 5.74) is 2.42. The summed E-state index contributed by atoms with van der Waals surface area (Å²) < 4.78 is 0. The Morgan fingerprint density at radius 3 is 2.60 bits per heavy atom. The number of aromatic amines is 1. The molecule has 0 saturated carbocycles. The first-order valence-electron chi connectivity index (χ1n) is 4.62. The number of nitrogens with one attached hydrogen (secondary N) is 2. The van der Waals surface area contributed by atoms with E-state index in [1.165, 1.54) is 6.07 Å². The Bertz CT molecular complexity index is 505. The lowest BCUT2D eigenvalue weighted by molar-refractivity contribution is 1.14. The molecule has 4 heteroatoms. The third kappa shape index (κ3) is 2.43. The van der Waals surface area contributed by atoms with E-state index in [-0.39, 0.29) is 5.56 Å². The van der Waals surface area contributed by atoms with Crippen LogP contribution < -0.4 is 10.9 Å². The van der Waals surface area contributed by atoms with Crippen LogP contribution in [-0.2, 0) is 0 Å². The van der Waals surface area contributed by atoms with Gasteiger partial charge < -0.3 is 10.3 Å². The van der Waals surface area contributed by atoms with Crippen LogP contribution in [0.5, 0.6) is 0 Å². The van der Waals surface area contributed by atoms with Crippen molar-refractivity contribution in [2.75, 3.05) is 5.32 Å². The smallest absolute Gasteiger partial charge is 0.250 e. The quantitative estimate of drug-likeness (QED) is 0.779. The molecule has 0 saturated heterocycles. The van der Waals surface area contributed by atoms with Crippen LogP contribution in [0.25, 0.3) is 0 Å². The van der Waals surface area contributed by atoms with Gasteiger partial charge in [0.2, 0.25) is 5.56 Å². The minimum absolute atomic E-state index is 0.105. The fourth-order valence-electron chi connectivity index (χ4n) is 1.36. The largest absolute Gasteiger partial charge is 0.355 e. The Balaban J connectivity index is 2.29. The van der Waals surface area contributed by atoms with Gasteiger partial charge in [0, 0.05) is 35.5 Å². The lowest BCUT2D eigenvalue weighted by atomic mass is 10.3. The molecule has 0 aliphatic heterocycles. The van der Waals surface area contributed by atoms with Gasteiger partial charge in [-0.2, -0.15) is 0 Å². The summed E-state index contributed by atoms with van der Waals surface area (Å²) in [5, 5.41) is 3.13. The highest BCUT2D eigenvalue weighted by Gasteiger charge is 1.96. The molecule has 0 amide bonds. The summed E-state index contributed by atoms with van der Waals surface area (Å²) in [6.45, 7) is 1.85. The lowest BCUT2D eigenvalue weighted by Crippen LogP contribution is -2.06. The van der Waals surface area contributed by atoms with Gasteiger partial charge in [0.15, 0.2) is 0 Å². The number of hydrogen-bond acceptors (Lipinski definition) is 3. The summed E-state index contributed by atoms with van der Waals surface area (Å²) in [6.07, 6.45) is 3.39. The average Bonchev–Trinajstić information content (AvgIpc) is 2.17. The van der Waals surface area contributed by atoms with Crippen LogP contribution in [0.15, 0.2) is 41.5 Å². The van der Waals surface area contributed by atoms with E-state index in [2.05, 4.69) is 15.3 Å². The number of anilines is 2. The second-order valence-electron chi connectivity index (χ2n) is 3.28. The monoisotopic (exact) mass is 201 g/mol. The number of hydrogen-bond donors (Lipinski definition) is 2. The molecule has 2 rings (SSSR count). The zero-order valence-electron chi connectivity index (χ0n) is 8.32. The maximum atomic E-state index is 11.2. The number of rotatable bonds is 2. The standard InChI is InChI=1S/C11H11N3O/c1-8-6-10(7-11(15)13-8)14-9-2-4-12-5-3-9/h2-7H,1H3,(H2,12,13,14,15). The molecule has 4 nitrogen and oxygen atoms in total. The van der Waals surface area contributed by atoms with E-state index in [4.69, 9.17) is 0 Å². The third-order valence-corrected chi connectivity index (χ3v) is 1.95. The van der Waals surface area contributed by atoms with E-state index in [0.29, 0.717) is 0 Å². The molecule has 0 unspecified atom stereocenters. The first-order valence-corrected chi connectivity index (χ1v) is 4.62. The Hall–Kier alpha value is -2.10. The Kier molecular flexibility index (Phi) is 2.49. The van der Waals surface area contributed by atoms with Gasteiger partial charge in [0.1, 0.15) is 0 Å². The van der Waals surface area contributed by atoms with Gasteiger partial charge in [-0.25, -0.2) is 0 Å². The second-order valence-corrected chi connectivity index (χ2v) is 3.28. The average molecular weight is 201 g/mol. The molecule has 0 radical (unpaired) electrons. The van der Waals surface area contributed by atoms with E-state index in [9.17, 15) is 4.79 Å². The van der Waals surface area contributed by atoms with Gasteiger partial charge >= 0.3 is 0 Å². The molecule has 76 valence electrons. The molecule has 0 aliphatic rings. The Labute approximate surface area is 87.0 Å². The zero-order valence-corrected chi connectivity index (χ0v) is 8.32. The van der Waals surface area contributed by atoms with Gasteiger partial charge in [-0.3, -0.25) is 9.78 Å². The Morgan fingerprint density at radius 1 is 1.20 bits per heavy atom. The van der Waals surface area contributed by atoms with E-state index in [1.807, 2.05) is 25.1 Å². The lowest BCUT2D eigenvalue weighted by Gasteiger charge is -2.05. The van der Waals surface area contributed by atoms with E-state index in [1.54, 1.807) is 12.4 Å². The van der Waals surface area contributed by atoms with Crippen molar-refractivity contribution >= 4 is 11.4 Å². The van der Waals surface area contributed by atoms with Crippen LogP contribution in [-0.4, -0.2) is 9.97 Å². The third-order valence-electron chi connectivity index (χ3n) is 1.95. The zero-order chi connectivity index (χ0) is 10.7. The number of pyridine rings is 2. The van der Waals surface area contributed by atoms with Crippen LogP contribution >= 0.6 is 0 Å². The molecule has 2 heterocycles. The van der Waals surface area contributed by atoms with Crippen LogP contribution in [0.4, 0.5) is 11.4 Å². The van der Waals surface area contributed by atoms with Crippen LogP contribution in [0, 0.1) is 6.92 Å². The number of aromatic nitrogens is 2. The molecule has 2 aromatic heterocycles. The molecular weight excluding hydrogens is 190 g/mol. The predicted molar refractivity (Wildman–Crippen MR) is 59.3 cm³/mol. The highest BCUT2D eigenvalue weighted by molar-refractivity contribution is 5.58. The first kappa shape index (κ1) is 9.45. The maximum Gasteiger partial charge on any atom is 0.250 e. The highest BCUT2D eigenvalue weighted by Crippen LogP contribution is 2.13. The van der Waals surface area contributed by atoms with Gasteiger partial charge in [-0.1, -0.05) is 0 Å². The highest BCUT2D eigenvalue weighted by atomic mass is 16.1. The molecule has 0 aliphatic carbocycles. The second kappa shape index (κ2) is 3.96. The molecule has 2 aromatic rings.